The van der Waals surface area contributed by atoms with Crippen LogP contribution in [0.3, 0.4) is 0 Å². The van der Waals surface area contributed by atoms with Gasteiger partial charge < -0.3 is 0 Å². The Kier molecular flexibility index (Phi) is 3.83. The van der Waals surface area contributed by atoms with Crippen LogP contribution in [0, 0.1) is 0 Å². The van der Waals surface area contributed by atoms with Gasteiger partial charge in [-0.1, -0.05) is 86.0 Å². The van der Waals surface area contributed by atoms with Gasteiger partial charge in [-0.3, -0.25) is 0 Å². The van der Waals surface area contributed by atoms with E-state index in [1.165, 1.54) is 16.7 Å². The van der Waals surface area contributed by atoms with E-state index in [1.807, 2.05) is 0 Å². The van der Waals surface area contributed by atoms with E-state index in [1.54, 1.807) is 0 Å². The summed E-state index contributed by atoms with van der Waals surface area (Å²) in [5, 5.41) is 0. The standard InChI is InChI=1S/C17H20Si/c1-18(2,3)14-13-15-9-11-17(12-10-15)16-7-5-4-6-8-16/h4-14H,1-3H3/b14-13-. The fourth-order valence-corrected chi connectivity index (χ4v) is 2.46. The van der Waals surface area contributed by atoms with Crippen LogP contribution < -0.4 is 0 Å². The third-order valence-electron chi connectivity index (χ3n) is 2.79. The maximum Gasteiger partial charge on any atom is 0.0687 e. The minimum atomic E-state index is -1.10. The first-order valence-corrected chi connectivity index (χ1v) is 9.97. The highest BCUT2D eigenvalue weighted by atomic mass is 28.3. The quantitative estimate of drug-likeness (QED) is 0.655. The highest BCUT2D eigenvalue weighted by molar-refractivity contribution is 6.81. The van der Waals surface area contributed by atoms with Crippen molar-refractivity contribution < 1.29 is 0 Å². The van der Waals surface area contributed by atoms with Gasteiger partial charge in [-0.2, -0.15) is 0 Å². The molecule has 0 atom stereocenters. The van der Waals surface area contributed by atoms with Crippen molar-refractivity contribution in [2.75, 3.05) is 0 Å². The summed E-state index contributed by atoms with van der Waals surface area (Å²) < 4.78 is 0. The molecule has 0 N–H and O–H groups in total. The van der Waals surface area contributed by atoms with E-state index in [9.17, 15) is 0 Å². The first-order valence-electron chi connectivity index (χ1n) is 6.39. The summed E-state index contributed by atoms with van der Waals surface area (Å²) >= 11 is 0. The van der Waals surface area contributed by atoms with Crippen LogP contribution in [-0.4, -0.2) is 8.07 Å². The molecule has 0 aliphatic carbocycles. The average molecular weight is 252 g/mol. The van der Waals surface area contributed by atoms with Crippen molar-refractivity contribution in [3.63, 3.8) is 0 Å². The van der Waals surface area contributed by atoms with Gasteiger partial charge in [0.25, 0.3) is 0 Å². The normalized spacial score (nSPS) is 11.9. The molecule has 2 aromatic rings. The minimum Gasteiger partial charge on any atom is -0.0944 e. The van der Waals surface area contributed by atoms with E-state index in [2.05, 4.69) is 86.0 Å². The molecule has 0 fully saturated rings. The molecule has 0 unspecified atom stereocenters. The topological polar surface area (TPSA) is 0 Å². The Bertz CT molecular complexity index is 516. The predicted molar refractivity (Wildman–Crippen MR) is 84.3 cm³/mol. The third-order valence-corrected chi connectivity index (χ3v) is 3.96. The Balaban J connectivity index is 2.19. The molecule has 0 spiro atoms. The van der Waals surface area contributed by atoms with Gasteiger partial charge in [0.2, 0.25) is 0 Å². The van der Waals surface area contributed by atoms with Gasteiger partial charge in [-0.25, -0.2) is 0 Å². The maximum atomic E-state index is 2.38. The summed E-state index contributed by atoms with van der Waals surface area (Å²) in [6.45, 7) is 7.05. The molecule has 1 heteroatoms. The Hall–Kier alpha value is -1.60. The van der Waals surface area contributed by atoms with Gasteiger partial charge in [-0.15, -0.1) is 0 Å². The molecule has 0 bridgehead atoms. The zero-order valence-electron chi connectivity index (χ0n) is 11.4. The van der Waals surface area contributed by atoms with Crippen molar-refractivity contribution in [1.29, 1.82) is 0 Å². The molecule has 2 rings (SSSR count). The van der Waals surface area contributed by atoms with Gasteiger partial charge >= 0.3 is 0 Å². The van der Waals surface area contributed by atoms with Gasteiger partial charge in [0.15, 0.2) is 0 Å². The average Bonchev–Trinajstić information content (AvgIpc) is 2.37. The second-order valence-corrected chi connectivity index (χ2v) is 10.8. The molecule has 0 nitrogen and oxygen atoms in total. The zero-order valence-corrected chi connectivity index (χ0v) is 12.4. The number of hydrogen-bond donors (Lipinski definition) is 0. The molecule has 92 valence electrons. The van der Waals surface area contributed by atoms with Crippen molar-refractivity contribution >= 4 is 14.1 Å². The molecule has 2 aromatic carbocycles. The van der Waals surface area contributed by atoms with Crippen molar-refractivity contribution in [3.05, 3.63) is 65.9 Å². The highest BCUT2D eigenvalue weighted by Gasteiger charge is 2.06. The first-order chi connectivity index (χ1) is 8.54. The molecule has 0 amide bonds. The van der Waals surface area contributed by atoms with Crippen LogP contribution in [-0.2, 0) is 0 Å². The molecule has 0 aromatic heterocycles. The van der Waals surface area contributed by atoms with Crippen LogP contribution in [0.25, 0.3) is 17.2 Å². The lowest BCUT2D eigenvalue weighted by molar-refractivity contribution is 1.60. The van der Waals surface area contributed by atoms with Crippen molar-refractivity contribution in [2.45, 2.75) is 19.6 Å². The fourth-order valence-electron chi connectivity index (χ4n) is 1.76. The Morgan fingerprint density at radius 2 is 1.28 bits per heavy atom. The molecule has 0 saturated carbocycles. The minimum absolute atomic E-state index is 1.10. The van der Waals surface area contributed by atoms with E-state index < -0.39 is 8.07 Å². The largest absolute Gasteiger partial charge is 0.0944 e. The summed E-state index contributed by atoms with van der Waals surface area (Å²) in [4.78, 5) is 0. The van der Waals surface area contributed by atoms with Gasteiger partial charge in [-0.05, 0) is 16.7 Å². The van der Waals surface area contributed by atoms with Crippen LogP contribution in [0.15, 0.2) is 60.3 Å². The van der Waals surface area contributed by atoms with Gasteiger partial charge in [0.05, 0.1) is 8.07 Å². The zero-order chi connectivity index (χ0) is 13.0. The summed E-state index contributed by atoms with van der Waals surface area (Å²) in [6.07, 6.45) is 2.25. The van der Waals surface area contributed by atoms with Crippen molar-refractivity contribution in [3.8, 4) is 11.1 Å². The van der Waals surface area contributed by atoms with E-state index >= 15 is 0 Å². The molecule has 18 heavy (non-hydrogen) atoms. The maximum absolute atomic E-state index is 2.38. The fraction of sp³-hybridized carbons (Fsp3) is 0.176. The SMILES string of the molecule is C[Si](C)(C)/C=C\c1ccc(-c2ccccc2)cc1. The van der Waals surface area contributed by atoms with Crippen LogP contribution in [0.5, 0.6) is 0 Å². The van der Waals surface area contributed by atoms with Crippen LogP contribution in [0.1, 0.15) is 5.56 Å². The van der Waals surface area contributed by atoms with Crippen molar-refractivity contribution in [1.82, 2.24) is 0 Å². The number of rotatable bonds is 3. The molecular weight excluding hydrogens is 232 g/mol. The Morgan fingerprint density at radius 1 is 0.722 bits per heavy atom. The second-order valence-electron chi connectivity index (χ2n) is 5.69. The summed E-state index contributed by atoms with van der Waals surface area (Å²) in [6, 6.07) is 19.3. The van der Waals surface area contributed by atoms with Gasteiger partial charge in [0, 0.05) is 0 Å². The van der Waals surface area contributed by atoms with Crippen molar-refractivity contribution in [2.24, 2.45) is 0 Å². The Labute approximate surface area is 111 Å². The van der Waals surface area contributed by atoms with Crippen LogP contribution >= 0.6 is 0 Å². The smallest absolute Gasteiger partial charge is 0.0687 e. The first kappa shape index (κ1) is 12.8. The lowest BCUT2D eigenvalue weighted by Gasteiger charge is -2.08. The van der Waals surface area contributed by atoms with E-state index in [0.717, 1.165) is 0 Å². The number of hydrogen-bond acceptors (Lipinski definition) is 0. The second kappa shape index (κ2) is 5.36. The lowest BCUT2D eigenvalue weighted by atomic mass is 10.0. The monoisotopic (exact) mass is 252 g/mol. The third kappa shape index (κ3) is 3.71. The summed E-state index contributed by atoms with van der Waals surface area (Å²) in [7, 11) is -1.10. The van der Waals surface area contributed by atoms with Gasteiger partial charge in [0.1, 0.15) is 0 Å². The number of benzene rings is 2. The molecule has 0 aliphatic rings. The summed E-state index contributed by atoms with van der Waals surface area (Å²) in [5.41, 5.74) is 6.22. The molecule has 0 aliphatic heterocycles. The molecular formula is C17H20Si. The van der Waals surface area contributed by atoms with E-state index in [-0.39, 0.29) is 0 Å². The van der Waals surface area contributed by atoms with Crippen LogP contribution in [0.4, 0.5) is 0 Å². The highest BCUT2D eigenvalue weighted by Crippen LogP contribution is 2.20. The molecule has 0 radical (unpaired) electrons. The van der Waals surface area contributed by atoms with E-state index in [0.29, 0.717) is 0 Å². The lowest BCUT2D eigenvalue weighted by Crippen LogP contribution is -2.15. The van der Waals surface area contributed by atoms with E-state index in [4.69, 9.17) is 0 Å². The summed E-state index contributed by atoms with van der Waals surface area (Å²) in [5.74, 6) is 0. The van der Waals surface area contributed by atoms with Crippen LogP contribution in [0.2, 0.25) is 19.6 Å². The predicted octanol–water partition coefficient (Wildman–Crippen LogP) is 5.24. The molecule has 0 saturated heterocycles. The molecule has 0 heterocycles. The Morgan fingerprint density at radius 3 is 1.83 bits per heavy atom.